The number of fused-ring (bicyclic) bond motifs is 2. The third-order valence-electron chi connectivity index (χ3n) is 5.90. The maximum absolute atomic E-state index is 13.2. The molecular weight excluding hydrogens is 364 g/mol. The largest absolute Gasteiger partial charge is 0.331 e. The number of amides is 2. The summed E-state index contributed by atoms with van der Waals surface area (Å²) in [7, 11) is 3.68. The zero-order chi connectivity index (χ0) is 20.4. The van der Waals surface area contributed by atoms with Gasteiger partial charge in [0.15, 0.2) is 0 Å². The number of carbonyl (C=O) groups excluding carboxylic acids is 2. The molecule has 152 valence electrons. The first-order chi connectivity index (χ1) is 14.0. The molecule has 0 aromatic heterocycles. The van der Waals surface area contributed by atoms with Crippen molar-refractivity contribution < 1.29 is 9.59 Å². The Morgan fingerprint density at radius 1 is 0.655 bits per heavy atom. The van der Waals surface area contributed by atoms with Gasteiger partial charge in [-0.3, -0.25) is 19.4 Å². The fraction of sp³-hybridized carbons (Fsp3) is 0.391. The van der Waals surface area contributed by atoms with Gasteiger partial charge in [-0.1, -0.05) is 60.7 Å². The van der Waals surface area contributed by atoms with Crippen molar-refractivity contribution in [3.8, 4) is 0 Å². The van der Waals surface area contributed by atoms with Gasteiger partial charge in [-0.15, -0.1) is 0 Å². The zero-order valence-electron chi connectivity index (χ0n) is 17.1. The first kappa shape index (κ1) is 19.6. The van der Waals surface area contributed by atoms with Gasteiger partial charge in [-0.2, -0.15) is 0 Å². The van der Waals surface area contributed by atoms with E-state index in [0.29, 0.717) is 32.8 Å². The average Bonchev–Trinajstić information content (AvgIpc) is 2.92. The number of nitrogens with zero attached hydrogens (tertiary/aromatic N) is 4. The van der Waals surface area contributed by atoms with Gasteiger partial charge >= 0.3 is 0 Å². The van der Waals surface area contributed by atoms with E-state index in [-0.39, 0.29) is 23.9 Å². The second-order valence-electron chi connectivity index (χ2n) is 8.09. The Kier molecular flexibility index (Phi) is 5.65. The van der Waals surface area contributed by atoms with Gasteiger partial charge in [-0.25, -0.2) is 0 Å². The van der Waals surface area contributed by atoms with Gasteiger partial charge in [0.2, 0.25) is 11.8 Å². The molecule has 2 unspecified atom stereocenters. The van der Waals surface area contributed by atoms with Crippen LogP contribution in [0.25, 0.3) is 0 Å². The van der Waals surface area contributed by atoms with Crippen LogP contribution < -0.4 is 0 Å². The van der Waals surface area contributed by atoms with Crippen molar-refractivity contribution in [1.82, 2.24) is 19.6 Å². The van der Waals surface area contributed by atoms with Crippen molar-refractivity contribution in [2.24, 2.45) is 0 Å². The quantitative estimate of drug-likeness (QED) is 0.794. The molecule has 2 aliphatic heterocycles. The predicted octanol–water partition coefficient (Wildman–Crippen LogP) is 1.63. The Morgan fingerprint density at radius 2 is 1.03 bits per heavy atom. The standard InChI is InChI=1S/C23H28N4O2/c1-24-15-26-17-27(20(22(24)28)13-18-9-5-3-6-10-18)16-25(2)23(29)21(26)14-19-11-7-4-8-12-19/h3-12,20-21H,13-17H2,1-2H3/t20-,21+. The van der Waals surface area contributed by atoms with Crippen LogP contribution in [0.4, 0.5) is 0 Å². The van der Waals surface area contributed by atoms with Crippen molar-refractivity contribution in [2.45, 2.75) is 24.9 Å². The van der Waals surface area contributed by atoms with E-state index in [1.807, 2.05) is 50.5 Å². The molecule has 6 nitrogen and oxygen atoms in total. The minimum Gasteiger partial charge on any atom is -0.331 e. The summed E-state index contributed by atoms with van der Waals surface area (Å²) in [5.74, 6) is 0.218. The van der Waals surface area contributed by atoms with Crippen molar-refractivity contribution in [1.29, 1.82) is 0 Å². The minimum atomic E-state index is -0.280. The Labute approximate surface area is 172 Å². The number of benzene rings is 2. The van der Waals surface area contributed by atoms with E-state index in [1.165, 1.54) is 0 Å². The number of rotatable bonds is 4. The molecule has 0 radical (unpaired) electrons. The number of likely N-dealkylation sites (N-methyl/N-ethyl adjacent to an activating group) is 2. The normalized spacial score (nSPS) is 27.5. The lowest BCUT2D eigenvalue weighted by molar-refractivity contribution is -0.141. The number of hydrogen-bond acceptors (Lipinski definition) is 4. The van der Waals surface area contributed by atoms with E-state index in [2.05, 4.69) is 34.1 Å². The summed E-state index contributed by atoms with van der Waals surface area (Å²) in [6.07, 6.45) is 1.28. The SMILES string of the molecule is CN1CN2CN(CN(C)C(=O)[C@@H]2Cc2ccccc2)[C@H](Cc2ccccc2)C1=O. The highest BCUT2D eigenvalue weighted by Gasteiger charge is 2.42. The van der Waals surface area contributed by atoms with Crippen LogP contribution >= 0.6 is 0 Å². The summed E-state index contributed by atoms with van der Waals surface area (Å²) < 4.78 is 0. The fourth-order valence-corrected chi connectivity index (χ4v) is 4.33. The van der Waals surface area contributed by atoms with Gasteiger partial charge in [0.1, 0.15) is 0 Å². The molecule has 6 heteroatoms. The maximum atomic E-state index is 13.2. The van der Waals surface area contributed by atoms with Crippen molar-refractivity contribution in [3.05, 3.63) is 71.8 Å². The van der Waals surface area contributed by atoms with Crippen molar-refractivity contribution in [2.75, 3.05) is 34.1 Å². The van der Waals surface area contributed by atoms with Crippen molar-refractivity contribution >= 4 is 11.8 Å². The number of hydrogen-bond donors (Lipinski definition) is 0. The molecule has 0 N–H and O–H groups in total. The van der Waals surface area contributed by atoms with Gasteiger partial charge in [0, 0.05) is 14.1 Å². The van der Waals surface area contributed by atoms with Crippen LogP contribution in [0.3, 0.4) is 0 Å². The van der Waals surface area contributed by atoms with Gasteiger partial charge in [-0.05, 0) is 24.0 Å². The predicted molar refractivity (Wildman–Crippen MR) is 112 cm³/mol. The summed E-state index contributed by atoms with van der Waals surface area (Å²) in [5.41, 5.74) is 2.26. The highest BCUT2D eigenvalue weighted by atomic mass is 16.2. The molecule has 0 aliphatic carbocycles. The topological polar surface area (TPSA) is 47.1 Å². The van der Waals surface area contributed by atoms with Gasteiger partial charge in [0.05, 0.1) is 32.1 Å². The molecule has 4 atom stereocenters. The highest BCUT2D eigenvalue weighted by molar-refractivity contribution is 5.84. The van der Waals surface area contributed by atoms with Crippen LogP contribution in [0.1, 0.15) is 11.1 Å². The fourth-order valence-electron chi connectivity index (χ4n) is 4.33. The van der Waals surface area contributed by atoms with Crippen LogP contribution in [0, 0.1) is 0 Å². The second-order valence-corrected chi connectivity index (χ2v) is 8.09. The van der Waals surface area contributed by atoms with Crippen molar-refractivity contribution in [3.63, 3.8) is 0 Å². The Hall–Kier alpha value is -2.70. The molecule has 2 aliphatic rings. The molecule has 2 fully saturated rings. The van der Waals surface area contributed by atoms with E-state index < -0.39 is 0 Å². The van der Waals surface area contributed by atoms with Crippen LogP contribution in [0.15, 0.2) is 60.7 Å². The van der Waals surface area contributed by atoms with E-state index >= 15 is 0 Å². The number of carbonyl (C=O) groups is 2. The van der Waals surface area contributed by atoms with Crippen LogP contribution in [0.5, 0.6) is 0 Å². The molecule has 2 aromatic carbocycles. The van der Waals surface area contributed by atoms with E-state index in [1.54, 1.807) is 9.80 Å². The van der Waals surface area contributed by atoms with Gasteiger partial charge in [0.25, 0.3) is 0 Å². The average molecular weight is 393 g/mol. The lowest BCUT2D eigenvalue weighted by Gasteiger charge is -2.32. The molecule has 4 rings (SSSR count). The molecule has 2 amide bonds. The molecule has 2 saturated heterocycles. The first-order valence-electron chi connectivity index (χ1n) is 10.1. The molecule has 2 bridgehead atoms. The summed E-state index contributed by atoms with van der Waals surface area (Å²) in [6.45, 7) is 1.51. The third-order valence-corrected chi connectivity index (χ3v) is 5.90. The zero-order valence-corrected chi connectivity index (χ0v) is 17.1. The molecular formula is C23H28N4O2. The Bertz CT molecular complexity index is 786. The molecule has 29 heavy (non-hydrogen) atoms. The highest BCUT2D eigenvalue weighted by Crippen LogP contribution is 2.23. The lowest BCUT2D eigenvalue weighted by atomic mass is 10.0. The summed E-state index contributed by atoms with van der Waals surface area (Å²) in [5, 5.41) is 0. The third kappa shape index (κ3) is 4.18. The molecule has 2 aromatic rings. The van der Waals surface area contributed by atoms with E-state index in [4.69, 9.17) is 0 Å². The second kappa shape index (κ2) is 8.35. The molecule has 0 spiro atoms. The minimum absolute atomic E-state index is 0.109. The van der Waals surface area contributed by atoms with Gasteiger partial charge < -0.3 is 9.80 Å². The van der Waals surface area contributed by atoms with E-state index in [9.17, 15) is 9.59 Å². The smallest absolute Gasteiger partial charge is 0.241 e. The summed E-state index contributed by atoms with van der Waals surface area (Å²) in [6, 6.07) is 19.6. The Morgan fingerprint density at radius 3 is 1.41 bits per heavy atom. The van der Waals surface area contributed by atoms with E-state index in [0.717, 1.165) is 11.1 Å². The monoisotopic (exact) mass is 392 g/mol. The summed E-state index contributed by atoms with van der Waals surface area (Å²) in [4.78, 5) is 34.2. The molecule has 0 saturated carbocycles. The van der Waals surface area contributed by atoms with Crippen LogP contribution in [-0.4, -0.2) is 77.6 Å². The summed E-state index contributed by atoms with van der Waals surface area (Å²) >= 11 is 0. The lowest BCUT2D eigenvalue weighted by Crippen LogP contribution is -2.51. The van der Waals surface area contributed by atoms with Crippen LogP contribution in [0.2, 0.25) is 0 Å². The molecule has 2 heterocycles. The first-order valence-corrected chi connectivity index (χ1v) is 10.1. The Balaban J connectivity index is 1.63. The maximum Gasteiger partial charge on any atom is 0.241 e. The van der Waals surface area contributed by atoms with Crippen LogP contribution in [-0.2, 0) is 22.4 Å².